The first kappa shape index (κ1) is 13.0. The molecule has 0 aromatic rings. The molecule has 5 nitrogen and oxygen atoms in total. The summed E-state index contributed by atoms with van der Waals surface area (Å²) in [5.41, 5.74) is 0. The minimum atomic E-state index is -0.868. The van der Waals surface area contributed by atoms with Crippen molar-refractivity contribution in [2.75, 3.05) is 33.2 Å². The molecule has 92 valence electrons. The minimum Gasteiger partial charge on any atom is -0.480 e. The molecular weight excluding hydrogens is 208 g/mol. The number of rotatable bonds is 7. The van der Waals surface area contributed by atoms with Gasteiger partial charge in [0.1, 0.15) is 0 Å². The summed E-state index contributed by atoms with van der Waals surface area (Å²) in [4.78, 5) is 25.7. The highest BCUT2D eigenvalue weighted by atomic mass is 16.4. The molecule has 5 heteroatoms. The van der Waals surface area contributed by atoms with E-state index in [0.29, 0.717) is 12.5 Å². The van der Waals surface area contributed by atoms with E-state index in [4.69, 9.17) is 5.11 Å². The SMILES string of the molecule is CCN(C)C(=O)CN(CC(=O)O)CC1CC1. The number of carbonyl (C=O) groups excluding carboxylic acids is 1. The van der Waals surface area contributed by atoms with Gasteiger partial charge in [-0.2, -0.15) is 0 Å². The molecule has 0 aliphatic heterocycles. The van der Waals surface area contributed by atoms with E-state index in [1.54, 1.807) is 16.8 Å². The Labute approximate surface area is 96.0 Å². The molecule has 1 rings (SSSR count). The van der Waals surface area contributed by atoms with E-state index in [1.165, 1.54) is 0 Å². The van der Waals surface area contributed by atoms with Crippen LogP contribution < -0.4 is 0 Å². The zero-order valence-electron chi connectivity index (χ0n) is 9.98. The Balaban J connectivity index is 2.41. The molecule has 1 saturated carbocycles. The van der Waals surface area contributed by atoms with Gasteiger partial charge in [-0.1, -0.05) is 0 Å². The van der Waals surface area contributed by atoms with E-state index in [2.05, 4.69) is 0 Å². The van der Waals surface area contributed by atoms with Crippen LogP contribution in [0.25, 0.3) is 0 Å². The van der Waals surface area contributed by atoms with Crippen LogP contribution in [0.4, 0.5) is 0 Å². The molecule has 1 amide bonds. The second kappa shape index (κ2) is 5.84. The molecule has 1 aliphatic carbocycles. The van der Waals surface area contributed by atoms with Crippen molar-refractivity contribution in [2.24, 2.45) is 5.92 Å². The summed E-state index contributed by atoms with van der Waals surface area (Å²) in [6.07, 6.45) is 2.32. The lowest BCUT2D eigenvalue weighted by atomic mass is 10.3. The predicted molar refractivity (Wildman–Crippen MR) is 60.1 cm³/mol. The van der Waals surface area contributed by atoms with Crippen molar-refractivity contribution in [1.82, 2.24) is 9.80 Å². The number of nitrogens with zero attached hydrogens (tertiary/aromatic N) is 2. The van der Waals surface area contributed by atoms with Gasteiger partial charge in [0.15, 0.2) is 0 Å². The van der Waals surface area contributed by atoms with Crippen molar-refractivity contribution < 1.29 is 14.7 Å². The predicted octanol–water partition coefficient (Wildman–Crippen LogP) is 0.261. The van der Waals surface area contributed by atoms with Crippen LogP contribution in [0.5, 0.6) is 0 Å². The molecule has 0 spiro atoms. The Morgan fingerprint density at radius 2 is 1.94 bits per heavy atom. The first-order chi connectivity index (χ1) is 7.52. The topological polar surface area (TPSA) is 60.9 Å². The second-order valence-corrected chi connectivity index (χ2v) is 4.41. The average Bonchev–Trinajstić information content (AvgIpc) is 2.99. The highest BCUT2D eigenvalue weighted by Crippen LogP contribution is 2.29. The number of hydrogen-bond donors (Lipinski definition) is 1. The molecule has 0 saturated heterocycles. The van der Waals surface area contributed by atoms with Crippen molar-refractivity contribution in [2.45, 2.75) is 19.8 Å². The Bertz CT molecular complexity index is 264. The van der Waals surface area contributed by atoms with Crippen molar-refractivity contribution in [1.29, 1.82) is 0 Å². The molecule has 16 heavy (non-hydrogen) atoms. The number of carboxylic acid groups (broad SMARTS) is 1. The smallest absolute Gasteiger partial charge is 0.317 e. The molecule has 0 aromatic carbocycles. The summed E-state index contributed by atoms with van der Waals surface area (Å²) in [5.74, 6) is -0.281. The molecule has 0 radical (unpaired) electrons. The van der Waals surface area contributed by atoms with E-state index in [9.17, 15) is 9.59 Å². The van der Waals surface area contributed by atoms with Gasteiger partial charge in [-0.15, -0.1) is 0 Å². The van der Waals surface area contributed by atoms with Gasteiger partial charge in [-0.25, -0.2) is 0 Å². The van der Waals surface area contributed by atoms with Crippen molar-refractivity contribution in [3.05, 3.63) is 0 Å². The summed E-state index contributed by atoms with van der Waals surface area (Å²) < 4.78 is 0. The van der Waals surface area contributed by atoms with Gasteiger partial charge in [-0.05, 0) is 25.7 Å². The second-order valence-electron chi connectivity index (χ2n) is 4.41. The average molecular weight is 228 g/mol. The Morgan fingerprint density at radius 1 is 1.31 bits per heavy atom. The highest BCUT2D eigenvalue weighted by Gasteiger charge is 2.26. The summed E-state index contributed by atoms with van der Waals surface area (Å²) in [6.45, 7) is 3.46. The van der Waals surface area contributed by atoms with Gasteiger partial charge in [0.25, 0.3) is 0 Å². The fourth-order valence-electron chi connectivity index (χ4n) is 1.53. The monoisotopic (exact) mass is 228 g/mol. The van der Waals surface area contributed by atoms with E-state index in [-0.39, 0.29) is 19.0 Å². The third-order valence-electron chi connectivity index (χ3n) is 2.83. The van der Waals surface area contributed by atoms with Crippen LogP contribution in [0.2, 0.25) is 0 Å². The van der Waals surface area contributed by atoms with E-state index in [1.807, 2.05) is 6.92 Å². The lowest BCUT2D eigenvalue weighted by molar-refractivity contribution is -0.139. The van der Waals surface area contributed by atoms with Crippen LogP contribution in [0.3, 0.4) is 0 Å². The number of amides is 1. The van der Waals surface area contributed by atoms with Crippen LogP contribution in [-0.4, -0.2) is 60.0 Å². The molecular formula is C11H20N2O3. The quantitative estimate of drug-likeness (QED) is 0.679. The number of hydrogen-bond acceptors (Lipinski definition) is 3. The minimum absolute atomic E-state index is 0.00981. The maximum Gasteiger partial charge on any atom is 0.317 e. The summed E-state index contributed by atoms with van der Waals surface area (Å²) >= 11 is 0. The molecule has 0 atom stereocenters. The van der Waals surface area contributed by atoms with Crippen molar-refractivity contribution in [3.63, 3.8) is 0 Å². The van der Waals surface area contributed by atoms with Crippen LogP contribution in [0, 0.1) is 5.92 Å². The van der Waals surface area contributed by atoms with Crippen LogP contribution in [0.1, 0.15) is 19.8 Å². The first-order valence-corrected chi connectivity index (χ1v) is 5.71. The first-order valence-electron chi connectivity index (χ1n) is 5.71. The van der Waals surface area contributed by atoms with Gasteiger partial charge in [-0.3, -0.25) is 14.5 Å². The molecule has 1 N–H and O–H groups in total. The lowest BCUT2D eigenvalue weighted by Gasteiger charge is -2.22. The van der Waals surface area contributed by atoms with Crippen LogP contribution in [-0.2, 0) is 9.59 Å². The highest BCUT2D eigenvalue weighted by molar-refractivity contribution is 5.78. The molecule has 0 heterocycles. The molecule has 0 aromatic heterocycles. The number of likely N-dealkylation sites (N-methyl/N-ethyl adjacent to an activating group) is 1. The van der Waals surface area contributed by atoms with Crippen molar-refractivity contribution >= 4 is 11.9 Å². The number of carbonyl (C=O) groups is 2. The van der Waals surface area contributed by atoms with E-state index in [0.717, 1.165) is 19.4 Å². The fourth-order valence-corrected chi connectivity index (χ4v) is 1.53. The zero-order chi connectivity index (χ0) is 12.1. The zero-order valence-corrected chi connectivity index (χ0v) is 9.98. The van der Waals surface area contributed by atoms with Crippen molar-refractivity contribution in [3.8, 4) is 0 Å². The summed E-state index contributed by atoms with van der Waals surface area (Å²) in [7, 11) is 1.73. The largest absolute Gasteiger partial charge is 0.480 e. The number of aliphatic carboxylic acids is 1. The van der Waals surface area contributed by atoms with Gasteiger partial charge in [0.2, 0.25) is 5.91 Å². The third kappa shape index (κ3) is 4.61. The normalized spacial score (nSPS) is 15.2. The lowest BCUT2D eigenvalue weighted by Crippen LogP contribution is -2.41. The fraction of sp³-hybridized carbons (Fsp3) is 0.818. The number of carboxylic acids is 1. The van der Waals surface area contributed by atoms with E-state index < -0.39 is 5.97 Å². The molecule has 0 bridgehead atoms. The third-order valence-corrected chi connectivity index (χ3v) is 2.83. The molecule has 1 fully saturated rings. The van der Waals surface area contributed by atoms with Crippen LogP contribution in [0.15, 0.2) is 0 Å². The van der Waals surface area contributed by atoms with Gasteiger partial charge in [0, 0.05) is 20.1 Å². The molecule has 0 unspecified atom stereocenters. The maximum absolute atomic E-state index is 11.7. The summed E-state index contributed by atoms with van der Waals surface area (Å²) in [6, 6.07) is 0. The maximum atomic E-state index is 11.7. The Hall–Kier alpha value is -1.10. The molecule has 1 aliphatic rings. The van der Waals surface area contributed by atoms with Crippen LogP contribution >= 0.6 is 0 Å². The Morgan fingerprint density at radius 3 is 2.38 bits per heavy atom. The Kier molecular flexibility index (Phi) is 4.73. The van der Waals surface area contributed by atoms with Gasteiger partial charge >= 0.3 is 5.97 Å². The van der Waals surface area contributed by atoms with E-state index >= 15 is 0 Å². The summed E-state index contributed by atoms with van der Waals surface area (Å²) in [5, 5.41) is 8.76. The van der Waals surface area contributed by atoms with Gasteiger partial charge < -0.3 is 10.0 Å². The standard InChI is InChI=1S/C11H20N2O3/c1-3-12(2)10(14)7-13(8-11(15)16)6-9-4-5-9/h9H,3-8H2,1-2H3,(H,15,16). The van der Waals surface area contributed by atoms with Gasteiger partial charge in [0.05, 0.1) is 13.1 Å².